The van der Waals surface area contributed by atoms with E-state index in [4.69, 9.17) is 4.74 Å². The molecule has 2 rings (SSSR count). The molecule has 0 saturated heterocycles. The lowest BCUT2D eigenvalue weighted by Crippen LogP contribution is -2.30. The van der Waals surface area contributed by atoms with Gasteiger partial charge in [0.1, 0.15) is 11.6 Å². The molecule has 0 saturated carbocycles. The minimum absolute atomic E-state index is 0.168. The number of halogens is 1. The van der Waals surface area contributed by atoms with Crippen LogP contribution in [0.5, 0.6) is 5.75 Å². The zero-order chi connectivity index (χ0) is 17.5. The Morgan fingerprint density at radius 1 is 1.21 bits per heavy atom. The Kier molecular flexibility index (Phi) is 6.18. The number of amides is 1. The predicted octanol–water partition coefficient (Wildman–Crippen LogP) is 4.08. The quantitative estimate of drug-likeness (QED) is 0.832. The Morgan fingerprint density at radius 2 is 1.92 bits per heavy atom. The first kappa shape index (κ1) is 17.8. The Morgan fingerprint density at radius 3 is 2.50 bits per heavy atom. The molecule has 2 aromatic rings. The van der Waals surface area contributed by atoms with Crippen LogP contribution in [-0.4, -0.2) is 25.1 Å². The zero-order valence-electron chi connectivity index (χ0n) is 14.3. The molecule has 5 heteroatoms. The maximum Gasteiger partial charge on any atom is 0.262 e. The van der Waals surface area contributed by atoms with Crippen molar-refractivity contribution < 1.29 is 13.9 Å². The van der Waals surface area contributed by atoms with Crippen LogP contribution in [-0.2, 0) is 4.79 Å². The Hall–Kier alpha value is -2.56. The first-order valence-corrected chi connectivity index (χ1v) is 8.04. The second-order valence-corrected chi connectivity index (χ2v) is 5.72. The smallest absolute Gasteiger partial charge is 0.262 e. The summed E-state index contributed by atoms with van der Waals surface area (Å²) in [5.41, 5.74) is 1.81. The fourth-order valence-corrected chi connectivity index (χ4v) is 2.48. The number of anilines is 2. The molecular formula is C19H23FN2O2. The number of carbonyl (C=O) groups excluding carboxylic acids is 1. The third kappa shape index (κ3) is 4.98. The Balaban J connectivity index is 1.90. The molecule has 0 atom stereocenters. The molecule has 0 aliphatic rings. The predicted molar refractivity (Wildman–Crippen MR) is 95.1 cm³/mol. The van der Waals surface area contributed by atoms with Gasteiger partial charge >= 0.3 is 0 Å². The SMILES string of the molecule is CCN(c1ccc(NC(=O)COc2cccc(F)c2)cc1)C(C)C. The Bertz CT molecular complexity index is 671. The van der Waals surface area contributed by atoms with Crippen molar-refractivity contribution in [1.82, 2.24) is 0 Å². The van der Waals surface area contributed by atoms with Crippen LogP contribution in [0.4, 0.5) is 15.8 Å². The second-order valence-electron chi connectivity index (χ2n) is 5.72. The summed E-state index contributed by atoms with van der Waals surface area (Å²) in [4.78, 5) is 14.2. The third-order valence-corrected chi connectivity index (χ3v) is 3.61. The van der Waals surface area contributed by atoms with Crippen molar-refractivity contribution >= 4 is 17.3 Å². The minimum atomic E-state index is -0.394. The van der Waals surface area contributed by atoms with Crippen molar-refractivity contribution in [1.29, 1.82) is 0 Å². The molecule has 0 fully saturated rings. The van der Waals surface area contributed by atoms with Crippen LogP contribution >= 0.6 is 0 Å². The topological polar surface area (TPSA) is 41.6 Å². The van der Waals surface area contributed by atoms with Crippen LogP contribution in [0.3, 0.4) is 0 Å². The number of nitrogens with zero attached hydrogens (tertiary/aromatic N) is 1. The van der Waals surface area contributed by atoms with Gasteiger partial charge in [0.2, 0.25) is 0 Å². The van der Waals surface area contributed by atoms with Gasteiger partial charge in [0, 0.05) is 30.0 Å². The van der Waals surface area contributed by atoms with Crippen molar-refractivity contribution in [3.63, 3.8) is 0 Å². The summed E-state index contributed by atoms with van der Waals surface area (Å²) in [6.45, 7) is 7.15. The van der Waals surface area contributed by atoms with E-state index < -0.39 is 5.82 Å². The molecule has 0 unspecified atom stereocenters. The van der Waals surface area contributed by atoms with Crippen molar-refractivity contribution in [2.75, 3.05) is 23.4 Å². The van der Waals surface area contributed by atoms with Crippen LogP contribution in [0.25, 0.3) is 0 Å². The summed E-state index contributed by atoms with van der Waals surface area (Å²) in [5.74, 6) is -0.353. The summed E-state index contributed by atoms with van der Waals surface area (Å²) >= 11 is 0. The van der Waals surface area contributed by atoms with Crippen LogP contribution in [0.2, 0.25) is 0 Å². The van der Waals surface area contributed by atoms with E-state index in [1.54, 1.807) is 6.07 Å². The van der Waals surface area contributed by atoms with E-state index in [1.165, 1.54) is 18.2 Å². The normalized spacial score (nSPS) is 10.5. The molecular weight excluding hydrogens is 307 g/mol. The summed E-state index contributed by atoms with van der Waals surface area (Å²) in [6, 6.07) is 13.8. The number of hydrogen-bond acceptors (Lipinski definition) is 3. The van der Waals surface area contributed by atoms with Crippen molar-refractivity contribution in [3.05, 3.63) is 54.3 Å². The molecule has 0 aliphatic carbocycles. The fourth-order valence-electron chi connectivity index (χ4n) is 2.48. The minimum Gasteiger partial charge on any atom is -0.484 e. The number of ether oxygens (including phenoxy) is 1. The van der Waals surface area contributed by atoms with E-state index in [2.05, 4.69) is 31.0 Å². The van der Waals surface area contributed by atoms with Gasteiger partial charge < -0.3 is 15.0 Å². The van der Waals surface area contributed by atoms with Gasteiger partial charge in [-0.25, -0.2) is 4.39 Å². The number of rotatable bonds is 7. The highest BCUT2D eigenvalue weighted by Gasteiger charge is 2.09. The average molecular weight is 330 g/mol. The van der Waals surface area contributed by atoms with Crippen LogP contribution in [0.1, 0.15) is 20.8 Å². The molecule has 0 radical (unpaired) electrons. The van der Waals surface area contributed by atoms with Gasteiger partial charge in [-0.15, -0.1) is 0 Å². The van der Waals surface area contributed by atoms with Gasteiger partial charge in [-0.1, -0.05) is 6.07 Å². The summed E-state index contributed by atoms with van der Waals surface area (Å²) < 4.78 is 18.3. The molecule has 2 aromatic carbocycles. The molecule has 1 N–H and O–H groups in total. The standard InChI is InChI=1S/C19H23FN2O2/c1-4-22(14(2)3)17-10-8-16(9-11-17)21-19(23)13-24-18-7-5-6-15(20)12-18/h5-12,14H,4,13H2,1-3H3,(H,21,23). The van der Waals surface area contributed by atoms with E-state index in [1.807, 2.05) is 24.3 Å². The van der Waals surface area contributed by atoms with Gasteiger partial charge in [-0.3, -0.25) is 4.79 Å². The molecule has 0 heterocycles. The molecule has 4 nitrogen and oxygen atoms in total. The lowest BCUT2D eigenvalue weighted by atomic mass is 10.2. The highest BCUT2D eigenvalue weighted by molar-refractivity contribution is 5.92. The summed E-state index contributed by atoms with van der Waals surface area (Å²) in [7, 11) is 0. The van der Waals surface area contributed by atoms with E-state index >= 15 is 0 Å². The van der Waals surface area contributed by atoms with Gasteiger partial charge in [0.15, 0.2) is 6.61 Å². The molecule has 128 valence electrons. The van der Waals surface area contributed by atoms with Gasteiger partial charge in [-0.2, -0.15) is 0 Å². The highest BCUT2D eigenvalue weighted by Crippen LogP contribution is 2.20. The lowest BCUT2D eigenvalue weighted by Gasteiger charge is -2.27. The highest BCUT2D eigenvalue weighted by atomic mass is 19.1. The lowest BCUT2D eigenvalue weighted by molar-refractivity contribution is -0.118. The number of hydrogen-bond donors (Lipinski definition) is 1. The van der Waals surface area contributed by atoms with Crippen molar-refractivity contribution in [2.45, 2.75) is 26.8 Å². The van der Waals surface area contributed by atoms with Gasteiger partial charge in [0.25, 0.3) is 5.91 Å². The van der Waals surface area contributed by atoms with Crippen LogP contribution < -0.4 is 15.0 Å². The summed E-state index contributed by atoms with van der Waals surface area (Å²) in [5, 5.41) is 2.76. The Labute approximate surface area is 142 Å². The number of carbonyl (C=O) groups is 1. The van der Waals surface area contributed by atoms with Gasteiger partial charge in [-0.05, 0) is 57.2 Å². The van der Waals surface area contributed by atoms with Crippen molar-refractivity contribution in [2.24, 2.45) is 0 Å². The van der Waals surface area contributed by atoms with Gasteiger partial charge in [0.05, 0.1) is 0 Å². The van der Waals surface area contributed by atoms with Crippen LogP contribution in [0, 0.1) is 5.82 Å². The molecule has 0 aromatic heterocycles. The second kappa shape index (κ2) is 8.34. The third-order valence-electron chi connectivity index (χ3n) is 3.61. The maximum atomic E-state index is 13.0. The largest absolute Gasteiger partial charge is 0.484 e. The molecule has 0 bridgehead atoms. The van der Waals surface area contributed by atoms with E-state index in [0.29, 0.717) is 17.5 Å². The van der Waals surface area contributed by atoms with E-state index in [-0.39, 0.29) is 12.5 Å². The first-order valence-electron chi connectivity index (χ1n) is 8.04. The maximum absolute atomic E-state index is 13.0. The number of benzene rings is 2. The number of nitrogens with one attached hydrogen (secondary N) is 1. The molecule has 0 spiro atoms. The summed E-state index contributed by atoms with van der Waals surface area (Å²) in [6.07, 6.45) is 0. The molecule has 1 amide bonds. The van der Waals surface area contributed by atoms with Crippen molar-refractivity contribution in [3.8, 4) is 5.75 Å². The molecule has 0 aliphatic heterocycles. The zero-order valence-corrected chi connectivity index (χ0v) is 14.3. The monoisotopic (exact) mass is 330 g/mol. The fraction of sp³-hybridized carbons (Fsp3) is 0.316. The first-order chi connectivity index (χ1) is 11.5. The van der Waals surface area contributed by atoms with Crippen LogP contribution in [0.15, 0.2) is 48.5 Å². The van der Waals surface area contributed by atoms with E-state index in [0.717, 1.165) is 12.2 Å². The molecule has 24 heavy (non-hydrogen) atoms. The average Bonchev–Trinajstić information content (AvgIpc) is 2.55. The van der Waals surface area contributed by atoms with E-state index in [9.17, 15) is 9.18 Å².